The lowest BCUT2D eigenvalue weighted by Gasteiger charge is -2.13. The van der Waals surface area contributed by atoms with Crippen molar-refractivity contribution in [2.24, 2.45) is 0 Å². The number of anilines is 3. The monoisotopic (exact) mass is 318 g/mol. The number of aromatic nitrogens is 2. The van der Waals surface area contributed by atoms with Gasteiger partial charge in [-0.1, -0.05) is 17.7 Å². The Hall–Kier alpha value is -1.85. The zero-order chi connectivity index (χ0) is 15.4. The molecule has 0 radical (unpaired) electrons. The third-order valence-corrected chi connectivity index (χ3v) is 3.70. The topological polar surface area (TPSA) is 59.1 Å². The first kappa shape index (κ1) is 15.1. The van der Waals surface area contributed by atoms with Crippen LogP contribution in [0.15, 0.2) is 30.3 Å². The number of halogens is 1. The minimum Gasteiger partial charge on any atom is -0.376 e. The van der Waals surface area contributed by atoms with Gasteiger partial charge in [0.1, 0.15) is 17.5 Å². The lowest BCUT2D eigenvalue weighted by Crippen LogP contribution is -2.19. The molecule has 0 amide bonds. The fourth-order valence-corrected chi connectivity index (χ4v) is 2.65. The first-order valence-corrected chi connectivity index (χ1v) is 7.80. The van der Waals surface area contributed by atoms with Crippen molar-refractivity contribution in [3.8, 4) is 0 Å². The summed E-state index contributed by atoms with van der Waals surface area (Å²) in [6.07, 6.45) is 2.51. The van der Waals surface area contributed by atoms with Crippen molar-refractivity contribution in [1.29, 1.82) is 0 Å². The molecule has 1 saturated heterocycles. The molecule has 3 rings (SSSR count). The zero-order valence-electron chi connectivity index (χ0n) is 12.5. The Morgan fingerprint density at radius 3 is 2.91 bits per heavy atom. The van der Waals surface area contributed by atoms with Crippen LogP contribution in [0.3, 0.4) is 0 Å². The van der Waals surface area contributed by atoms with Crippen molar-refractivity contribution in [2.45, 2.75) is 25.9 Å². The van der Waals surface area contributed by atoms with Crippen LogP contribution in [0.1, 0.15) is 18.7 Å². The molecule has 1 aliphatic heterocycles. The molecule has 0 spiro atoms. The maximum Gasteiger partial charge on any atom is 0.136 e. The standard InChI is InChI=1S/C16H19ClN4O/c1-11-19-15(18-10-14-6-3-7-22-14)9-16(20-11)21-13-5-2-4-12(17)8-13/h2,4-5,8-9,14H,3,6-7,10H2,1H3,(H2,18,19,20,21). The van der Waals surface area contributed by atoms with E-state index in [1.807, 2.05) is 37.3 Å². The van der Waals surface area contributed by atoms with Crippen molar-refractivity contribution < 1.29 is 4.74 Å². The second-order valence-corrected chi connectivity index (χ2v) is 5.77. The summed E-state index contributed by atoms with van der Waals surface area (Å²) in [6.45, 7) is 3.50. The minimum absolute atomic E-state index is 0.277. The van der Waals surface area contributed by atoms with E-state index in [1.54, 1.807) is 0 Å². The number of ether oxygens (including phenoxy) is 1. The number of hydrogen-bond acceptors (Lipinski definition) is 5. The first-order valence-electron chi connectivity index (χ1n) is 7.43. The van der Waals surface area contributed by atoms with Gasteiger partial charge in [0.25, 0.3) is 0 Å². The molecule has 1 unspecified atom stereocenters. The molecule has 0 saturated carbocycles. The molecule has 116 valence electrons. The van der Waals surface area contributed by atoms with Crippen LogP contribution >= 0.6 is 11.6 Å². The molecular weight excluding hydrogens is 300 g/mol. The van der Waals surface area contributed by atoms with E-state index in [0.717, 1.165) is 43.3 Å². The van der Waals surface area contributed by atoms with Crippen molar-refractivity contribution in [1.82, 2.24) is 9.97 Å². The molecule has 1 aliphatic rings. The first-order chi connectivity index (χ1) is 10.7. The molecule has 0 aliphatic carbocycles. The van der Waals surface area contributed by atoms with Gasteiger partial charge in [0.05, 0.1) is 6.10 Å². The van der Waals surface area contributed by atoms with Crippen LogP contribution in [-0.4, -0.2) is 29.2 Å². The van der Waals surface area contributed by atoms with Crippen molar-refractivity contribution in [3.63, 3.8) is 0 Å². The Bertz CT molecular complexity index is 644. The maximum absolute atomic E-state index is 6.00. The van der Waals surface area contributed by atoms with E-state index in [1.165, 1.54) is 0 Å². The smallest absolute Gasteiger partial charge is 0.136 e. The second kappa shape index (κ2) is 6.94. The average molecular weight is 319 g/mol. The van der Waals surface area contributed by atoms with Gasteiger partial charge in [-0.2, -0.15) is 0 Å². The normalized spacial score (nSPS) is 17.5. The molecule has 1 fully saturated rings. The number of hydrogen-bond donors (Lipinski definition) is 2. The molecular formula is C16H19ClN4O. The number of rotatable bonds is 5. The van der Waals surface area contributed by atoms with Gasteiger partial charge in [0.2, 0.25) is 0 Å². The van der Waals surface area contributed by atoms with Gasteiger partial charge in [0, 0.05) is 29.9 Å². The van der Waals surface area contributed by atoms with E-state index in [0.29, 0.717) is 10.8 Å². The Morgan fingerprint density at radius 1 is 1.27 bits per heavy atom. The van der Waals surface area contributed by atoms with Crippen molar-refractivity contribution in [2.75, 3.05) is 23.8 Å². The van der Waals surface area contributed by atoms with E-state index in [2.05, 4.69) is 20.6 Å². The number of benzene rings is 1. The molecule has 6 heteroatoms. The maximum atomic E-state index is 6.00. The summed E-state index contributed by atoms with van der Waals surface area (Å²) in [5.41, 5.74) is 0.899. The number of aryl methyl sites for hydroxylation is 1. The van der Waals surface area contributed by atoms with Crippen LogP contribution in [0.4, 0.5) is 17.3 Å². The van der Waals surface area contributed by atoms with Crippen LogP contribution < -0.4 is 10.6 Å². The summed E-state index contributed by atoms with van der Waals surface area (Å²) in [5, 5.41) is 7.26. The van der Waals surface area contributed by atoms with Gasteiger partial charge in [-0.15, -0.1) is 0 Å². The fraction of sp³-hybridized carbons (Fsp3) is 0.375. The van der Waals surface area contributed by atoms with Crippen LogP contribution in [0.5, 0.6) is 0 Å². The molecule has 0 bridgehead atoms. The summed E-state index contributed by atoms with van der Waals surface area (Å²) in [5.74, 6) is 2.25. The summed E-state index contributed by atoms with van der Waals surface area (Å²) < 4.78 is 5.61. The third kappa shape index (κ3) is 4.08. The Morgan fingerprint density at radius 2 is 2.14 bits per heavy atom. The fourth-order valence-electron chi connectivity index (χ4n) is 2.46. The van der Waals surface area contributed by atoms with Crippen molar-refractivity contribution in [3.05, 3.63) is 41.2 Å². The highest BCUT2D eigenvalue weighted by molar-refractivity contribution is 6.30. The summed E-state index contributed by atoms with van der Waals surface area (Å²) in [6, 6.07) is 9.44. The predicted molar refractivity (Wildman–Crippen MR) is 89.0 cm³/mol. The van der Waals surface area contributed by atoms with Crippen LogP contribution in [-0.2, 0) is 4.74 Å². The number of nitrogens with one attached hydrogen (secondary N) is 2. The minimum atomic E-state index is 0.277. The highest BCUT2D eigenvalue weighted by Gasteiger charge is 2.15. The zero-order valence-corrected chi connectivity index (χ0v) is 13.2. The average Bonchev–Trinajstić information content (AvgIpc) is 2.98. The molecule has 1 aromatic heterocycles. The SMILES string of the molecule is Cc1nc(NCC2CCCO2)cc(Nc2cccc(Cl)c2)n1. The largest absolute Gasteiger partial charge is 0.376 e. The van der Waals surface area contributed by atoms with E-state index in [-0.39, 0.29) is 6.10 Å². The van der Waals surface area contributed by atoms with Gasteiger partial charge in [0.15, 0.2) is 0 Å². The molecule has 22 heavy (non-hydrogen) atoms. The quantitative estimate of drug-likeness (QED) is 0.878. The lowest BCUT2D eigenvalue weighted by atomic mass is 10.2. The van der Waals surface area contributed by atoms with Gasteiger partial charge < -0.3 is 15.4 Å². The van der Waals surface area contributed by atoms with Gasteiger partial charge in [-0.25, -0.2) is 9.97 Å². The summed E-state index contributed by atoms with van der Waals surface area (Å²) in [7, 11) is 0. The third-order valence-electron chi connectivity index (χ3n) is 3.47. The summed E-state index contributed by atoms with van der Waals surface area (Å²) >= 11 is 6.00. The molecule has 2 heterocycles. The van der Waals surface area contributed by atoms with Gasteiger partial charge in [-0.05, 0) is 38.0 Å². The van der Waals surface area contributed by atoms with Gasteiger partial charge >= 0.3 is 0 Å². The van der Waals surface area contributed by atoms with Crippen LogP contribution in [0.25, 0.3) is 0 Å². The molecule has 5 nitrogen and oxygen atoms in total. The van der Waals surface area contributed by atoms with E-state index in [4.69, 9.17) is 16.3 Å². The van der Waals surface area contributed by atoms with Crippen LogP contribution in [0, 0.1) is 6.92 Å². The van der Waals surface area contributed by atoms with E-state index in [9.17, 15) is 0 Å². The molecule has 2 N–H and O–H groups in total. The van der Waals surface area contributed by atoms with E-state index >= 15 is 0 Å². The van der Waals surface area contributed by atoms with Crippen molar-refractivity contribution >= 4 is 28.9 Å². The Kier molecular flexibility index (Phi) is 4.75. The highest BCUT2D eigenvalue weighted by Crippen LogP contribution is 2.21. The van der Waals surface area contributed by atoms with Crippen LogP contribution in [0.2, 0.25) is 5.02 Å². The lowest BCUT2D eigenvalue weighted by molar-refractivity contribution is 0.120. The molecule has 1 atom stereocenters. The highest BCUT2D eigenvalue weighted by atomic mass is 35.5. The van der Waals surface area contributed by atoms with Gasteiger partial charge in [-0.3, -0.25) is 0 Å². The van der Waals surface area contributed by atoms with E-state index < -0.39 is 0 Å². The Labute approximate surface area is 135 Å². The molecule has 2 aromatic rings. The number of nitrogens with zero attached hydrogens (tertiary/aromatic N) is 2. The Balaban J connectivity index is 1.68. The molecule has 1 aromatic carbocycles. The predicted octanol–water partition coefficient (Wildman–Crippen LogP) is 3.77. The summed E-state index contributed by atoms with van der Waals surface area (Å²) in [4.78, 5) is 8.81. The second-order valence-electron chi connectivity index (χ2n) is 5.34.